The van der Waals surface area contributed by atoms with Gasteiger partial charge in [0.15, 0.2) is 0 Å². The number of halogens is 3. The molecule has 1 aromatic carbocycles. The van der Waals surface area contributed by atoms with Crippen LogP contribution in [0.25, 0.3) is 0 Å². The van der Waals surface area contributed by atoms with Gasteiger partial charge in [0.1, 0.15) is 0 Å². The molecular weight excluding hydrogens is 284 g/mol. The summed E-state index contributed by atoms with van der Waals surface area (Å²) in [4.78, 5) is 12.1. The third kappa shape index (κ3) is 3.16. The fourth-order valence-electron chi connectivity index (χ4n) is 1.31. The summed E-state index contributed by atoms with van der Waals surface area (Å²) in [5, 5.41) is 8.91. The van der Waals surface area contributed by atoms with Crippen molar-refractivity contribution in [2.24, 2.45) is 0 Å². The molecule has 0 aliphatic carbocycles. The van der Waals surface area contributed by atoms with Gasteiger partial charge in [0.05, 0.1) is 17.8 Å². The van der Waals surface area contributed by atoms with E-state index in [2.05, 4.69) is 15.9 Å². The molecule has 0 amide bonds. The van der Waals surface area contributed by atoms with Crippen LogP contribution in [0.2, 0.25) is 0 Å². The highest BCUT2D eigenvalue weighted by atomic mass is 79.9. The molecule has 6 heteroatoms. The van der Waals surface area contributed by atoms with Gasteiger partial charge in [-0.15, -0.1) is 0 Å². The monoisotopic (exact) mass is 293 g/mol. The van der Waals surface area contributed by atoms with Crippen molar-refractivity contribution in [1.29, 1.82) is 0 Å². The predicted molar refractivity (Wildman–Crippen MR) is 60.4 cm³/mol. The number of hydrogen-bond acceptors (Lipinski definition) is 2. The fraction of sp³-hybridized carbons (Fsp3) is 0.300. The molecule has 0 spiro atoms. The van der Waals surface area contributed by atoms with Gasteiger partial charge < -0.3 is 10.0 Å². The van der Waals surface area contributed by atoms with Gasteiger partial charge in [0.2, 0.25) is 0 Å². The first-order valence-corrected chi connectivity index (χ1v) is 5.23. The van der Waals surface area contributed by atoms with Crippen LogP contribution < -0.4 is 4.90 Å². The molecule has 1 aromatic rings. The van der Waals surface area contributed by atoms with Gasteiger partial charge >= 0.3 is 5.97 Å². The first-order valence-electron chi connectivity index (χ1n) is 4.44. The molecule has 0 bridgehead atoms. The summed E-state index contributed by atoms with van der Waals surface area (Å²) in [6.07, 6.45) is -2.51. The van der Waals surface area contributed by atoms with Gasteiger partial charge in [-0.25, -0.2) is 13.6 Å². The molecule has 0 fully saturated rings. The van der Waals surface area contributed by atoms with E-state index >= 15 is 0 Å². The summed E-state index contributed by atoms with van der Waals surface area (Å²) in [7, 11) is 1.43. The summed E-state index contributed by atoms with van der Waals surface area (Å²) in [5.74, 6) is -1.14. The number of benzene rings is 1. The molecule has 1 N–H and O–H groups in total. The van der Waals surface area contributed by atoms with Crippen LogP contribution >= 0.6 is 15.9 Å². The van der Waals surface area contributed by atoms with Crippen LogP contribution in [0, 0.1) is 0 Å². The largest absolute Gasteiger partial charge is 0.478 e. The van der Waals surface area contributed by atoms with Crippen molar-refractivity contribution in [3.05, 3.63) is 28.2 Å². The third-order valence-electron chi connectivity index (χ3n) is 2.01. The Kier molecular flexibility index (Phi) is 4.23. The second kappa shape index (κ2) is 5.25. The lowest BCUT2D eigenvalue weighted by molar-refractivity contribution is 0.0697. The average molecular weight is 294 g/mol. The van der Waals surface area contributed by atoms with Crippen molar-refractivity contribution in [3.8, 4) is 0 Å². The van der Waals surface area contributed by atoms with Crippen molar-refractivity contribution >= 4 is 27.6 Å². The van der Waals surface area contributed by atoms with Crippen LogP contribution in [0.1, 0.15) is 10.4 Å². The van der Waals surface area contributed by atoms with Crippen molar-refractivity contribution < 1.29 is 18.7 Å². The van der Waals surface area contributed by atoms with E-state index in [9.17, 15) is 13.6 Å². The number of hydrogen-bond donors (Lipinski definition) is 1. The molecule has 1 rings (SSSR count). The Morgan fingerprint density at radius 1 is 1.56 bits per heavy atom. The first kappa shape index (κ1) is 12.9. The van der Waals surface area contributed by atoms with Crippen LogP contribution in [0.4, 0.5) is 14.5 Å². The molecule has 0 saturated heterocycles. The number of carboxylic acids is 1. The van der Waals surface area contributed by atoms with Crippen LogP contribution in [0.5, 0.6) is 0 Å². The summed E-state index contributed by atoms with van der Waals surface area (Å²) in [6.45, 7) is -0.503. The zero-order valence-corrected chi connectivity index (χ0v) is 10.0. The number of anilines is 1. The molecular formula is C10H10BrF2NO2. The van der Waals surface area contributed by atoms with E-state index in [1.165, 1.54) is 24.1 Å². The minimum absolute atomic E-state index is 0.00588. The number of alkyl halides is 2. The molecule has 0 aromatic heterocycles. The number of nitrogens with zero attached hydrogens (tertiary/aromatic N) is 1. The molecule has 0 saturated carbocycles. The van der Waals surface area contributed by atoms with Crippen LogP contribution in [0.3, 0.4) is 0 Å². The fourth-order valence-corrected chi connectivity index (χ4v) is 1.66. The molecule has 0 aliphatic rings. The maximum atomic E-state index is 12.2. The van der Waals surface area contributed by atoms with Gasteiger partial charge in [-0.2, -0.15) is 0 Å². The highest BCUT2D eigenvalue weighted by Crippen LogP contribution is 2.24. The number of aromatic carboxylic acids is 1. The smallest absolute Gasteiger partial charge is 0.337 e. The topological polar surface area (TPSA) is 40.5 Å². The van der Waals surface area contributed by atoms with Gasteiger partial charge in [-0.1, -0.05) is 15.9 Å². The third-order valence-corrected chi connectivity index (χ3v) is 2.51. The standard InChI is InChI=1S/C10H10BrF2NO2/c1-14(5-9(12)13)8-4-6(11)2-3-7(8)10(15)16/h2-4,9H,5H2,1H3,(H,15,16). The highest BCUT2D eigenvalue weighted by molar-refractivity contribution is 9.10. The summed E-state index contributed by atoms with van der Waals surface area (Å²) in [5.41, 5.74) is 0.272. The number of carboxylic acid groups (broad SMARTS) is 1. The first-order chi connectivity index (χ1) is 7.41. The van der Waals surface area contributed by atoms with E-state index in [0.29, 0.717) is 4.47 Å². The Labute approximate surface area is 99.8 Å². The lowest BCUT2D eigenvalue weighted by atomic mass is 10.1. The maximum Gasteiger partial charge on any atom is 0.337 e. The Morgan fingerprint density at radius 3 is 2.69 bits per heavy atom. The van der Waals surface area contributed by atoms with Crippen molar-refractivity contribution in [3.63, 3.8) is 0 Å². The van der Waals surface area contributed by atoms with Gasteiger partial charge in [-0.05, 0) is 18.2 Å². The van der Waals surface area contributed by atoms with Gasteiger partial charge in [0.25, 0.3) is 6.43 Å². The van der Waals surface area contributed by atoms with E-state index in [1.807, 2.05) is 0 Å². The van der Waals surface area contributed by atoms with Crippen molar-refractivity contribution in [2.45, 2.75) is 6.43 Å². The van der Waals surface area contributed by atoms with Crippen molar-refractivity contribution in [2.75, 3.05) is 18.5 Å². The van der Waals surface area contributed by atoms with E-state index in [1.54, 1.807) is 6.07 Å². The van der Waals surface area contributed by atoms with E-state index in [-0.39, 0.29) is 11.3 Å². The Balaban J connectivity index is 3.09. The highest BCUT2D eigenvalue weighted by Gasteiger charge is 2.16. The molecule has 0 atom stereocenters. The number of carbonyl (C=O) groups is 1. The zero-order chi connectivity index (χ0) is 12.3. The lowest BCUT2D eigenvalue weighted by Crippen LogP contribution is -2.25. The van der Waals surface area contributed by atoms with Crippen molar-refractivity contribution in [1.82, 2.24) is 0 Å². The molecule has 3 nitrogen and oxygen atoms in total. The van der Waals surface area contributed by atoms with Crippen LogP contribution in [-0.4, -0.2) is 31.1 Å². The second-order valence-corrected chi connectivity index (χ2v) is 4.15. The van der Waals surface area contributed by atoms with Gasteiger partial charge in [0, 0.05) is 11.5 Å². The zero-order valence-electron chi connectivity index (χ0n) is 8.45. The minimum atomic E-state index is -2.51. The minimum Gasteiger partial charge on any atom is -0.478 e. The van der Waals surface area contributed by atoms with E-state index in [0.717, 1.165) is 0 Å². The summed E-state index contributed by atoms with van der Waals surface area (Å²) in [6, 6.07) is 4.44. The maximum absolute atomic E-state index is 12.2. The molecule has 0 radical (unpaired) electrons. The Hall–Kier alpha value is -1.17. The molecule has 0 heterocycles. The quantitative estimate of drug-likeness (QED) is 0.928. The predicted octanol–water partition coefficient (Wildman–Crippen LogP) is 2.85. The molecule has 0 unspecified atom stereocenters. The Bertz CT molecular complexity index is 398. The average Bonchev–Trinajstić information content (AvgIpc) is 2.15. The van der Waals surface area contributed by atoms with Gasteiger partial charge in [-0.3, -0.25) is 0 Å². The van der Waals surface area contributed by atoms with E-state index in [4.69, 9.17) is 5.11 Å². The Morgan fingerprint density at radius 2 is 2.19 bits per heavy atom. The summed E-state index contributed by atoms with van der Waals surface area (Å²) < 4.78 is 25.1. The molecule has 16 heavy (non-hydrogen) atoms. The number of rotatable bonds is 4. The van der Waals surface area contributed by atoms with Crippen LogP contribution in [-0.2, 0) is 0 Å². The van der Waals surface area contributed by atoms with E-state index < -0.39 is 18.9 Å². The lowest BCUT2D eigenvalue weighted by Gasteiger charge is -2.20. The van der Waals surface area contributed by atoms with Crippen LogP contribution in [0.15, 0.2) is 22.7 Å². The normalized spacial score (nSPS) is 10.6. The molecule has 0 aliphatic heterocycles. The summed E-state index contributed by atoms with van der Waals surface area (Å²) >= 11 is 3.17. The second-order valence-electron chi connectivity index (χ2n) is 3.24. The molecule has 88 valence electrons. The SMILES string of the molecule is CN(CC(F)F)c1cc(Br)ccc1C(=O)O.